The first-order valence-electron chi connectivity index (χ1n) is 4.72. The zero-order chi connectivity index (χ0) is 11.4. The summed E-state index contributed by atoms with van der Waals surface area (Å²) in [5.41, 5.74) is -0.0625. The predicted octanol–water partition coefficient (Wildman–Crippen LogP) is 1.40. The summed E-state index contributed by atoms with van der Waals surface area (Å²) < 4.78 is 0. The van der Waals surface area contributed by atoms with Gasteiger partial charge in [-0.15, -0.1) is 0 Å². The van der Waals surface area contributed by atoms with Gasteiger partial charge in [0, 0.05) is 12.5 Å². The lowest BCUT2D eigenvalue weighted by Crippen LogP contribution is -2.36. The van der Waals surface area contributed by atoms with Gasteiger partial charge in [-0.2, -0.15) is 0 Å². The summed E-state index contributed by atoms with van der Waals surface area (Å²) in [6.07, 6.45) is 0.382. The van der Waals surface area contributed by atoms with E-state index in [1.165, 1.54) is 0 Å². The van der Waals surface area contributed by atoms with Crippen LogP contribution < -0.4 is 5.32 Å². The minimum absolute atomic E-state index is 0.0319. The maximum absolute atomic E-state index is 11.3. The van der Waals surface area contributed by atoms with Crippen LogP contribution in [-0.4, -0.2) is 23.0 Å². The maximum Gasteiger partial charge on any atom is 0.305 e. The van der Waals surface area contributed by atoms with Crippen LogP contribution in [0.15, 0.2) is 0 Å². The SMILES string of the molecule is CC(CC(=O)O)NC(=O)CC(C)(C)C. The molecule has 0 aromatic heterocycles. The van der Waals surface area contributed by atoms with E-state index in [4.69, 9.17) is 5.11 Å². The molecule has 0 heterocycles. The fourth-order valence-corrected chi connectivity index (χ4v) is 1.12. The van der Waals surface area contributed by atoms with Gasteiger partial charge in [-0.3, -0.25) is 9.59 Å². The van der Waals surface area contributed by atoms with Gasteiger partial charge in [0.25, 0.3) is 0 Å². The van der Waals surface area contributed by atoms with E-state index in [1.807, 2.05) is 20.8 Å². The number of aliphatic carboxylic acids is 1. The highest BCUT2D eigenvalue weighted by molar-refractivity contribution is 5.77. The molecular formula is C10H19NO3. The van der Waals surface area contributed by atoms with Gasteiger partial charge < -0.3 is 10.4 Å². The molecule has 0 rings (SSSR count). The van der Waals surface area contributed by atoms with Gasteiger partial charge >= 0.3 is 5.97 Å². The van der Waals surface area contributed by atoms with Gasteiger partial charge in [0.1, 0.15) is 0 Å². The highest BCUT2D eigenvalue weighted by atomic mass is 16.4. The molecule has 1 unspecified atom stereocenters. The first kappa shape index (κ1) is 12.9. The molecule has 0 aromatic rings. The second kappa shape index (κ2) is 4.98. The monoisotopic (exact) mass is 201 g/mol. The van der Waals surface area contributed by atoms with Gasteiger partial charge in [-0.25, -0.2) is 0 Å². The van der Waals surface area contributed by atoms with Crippen molar-refractivity contribution in [1.82, 2.24) is 5.32 Å². The molecule has 0 saturated heterocycles. The van der Waals surface area contributed by atoms with Gasteiger partial charge in [-0.05, 0) is 12.3 Å². The van der Waals surface area contributed by atoms with Gasteiger partial charge in [-0.1, -0.05) is 20.8 Å². The number of nitrogens with one attached hydrogen (secondary N) is 1. The summed E-state index contributed by atoms with van der Waals surface area (Å²) in [4.78, 5) is 21.7. The molecule has 14 heavy (non-hydrogen) atoms. The van der Waals surface area contributed by atoms with Crippen LogP contribution in [0.2, 0.25) is 0 Å². The quantitative estimate of drug-likeness (QED) is 0.722. The Balaban J connectivity index is 3.89. The molecule has 0 aliphatic heterocycles. The van der Waals surface area contributed by atoms with Gasteiger partial charge in [0.15, 0.2) is 0 Å². The zero-order valence-electron chi connectivity index (χ0n) is 9.26. The molecule has 1 amide bonds. The molecule has 0 spiro atoms. The number of hydrogen-bond acceptors (Lipinski definition) is 2. The van der Waals surface area contributed by atoms with Gasteiger partial charge in [0.05, 0.1) is 6.42 Å². The molecule has 0 bridgehead atoms. The van der Waals surface area contributed by atoms with Gasteiger partial charge in [0.2, 0.25) is 5.91 Å². The maximum atomic E-state index is 11.3. The van der Waals surface area contributed by atoms with Crippen LogP contribution in [-0.2, 0) is 9.59 Å². The van der Waals surface area contributed by atoms with Crippen LogP contribution in [0.5, 0.6) is 0 Å². The molecule has 0 aliphatic rings. The second-order valence-corrected chi connectivity index (χ2v) is 4.80. The van der Waals surface area contributed by atoms with Crippen LogP contribution in [0.25, 0.3) is 0 Å². The highest BCUT2D eigenvalue weighted by Gasteiger charge is 2.17. The Bertz CT molecular complexity index is 218. The number of carbonyl (C=O) groups is 2. The summed E-state index contributed by atoms with van der Waals surface area (Å²) in [5, 5.41) is 11.1. The van der Waals surface area contributed by atoms with Crippen molar-refractivity contribution in [3.05, 3.63) is 0 Å². The van der Waals surface area contributed by atoms with Crippen LogP contribution >= 0.6 is 0 Å². The fourth-order valence-electron chi connectivity index (χ4n) is 1.12. The Morgan fingerprint density at radius 1 is 1.36 bits per heavy atom. The minimum Gasteiger partial charge on any atom is -0.481 e. The summed E-state index contributed by atoms with van der Waals surface area (Å²) >= 11 is 0. The number of carboxylic acid groups (broad SMARTS) is 1. The Labute approximate surface area is 84.7 Å². The molecule has 82 valence electrons. The molecule has 0 fully saturated rings. The number of carboxylic acids is 1. The Hall–Kier alpha value is -1.06. The van der Waals surface area contributed by atoms with E-state index >= 15 is 0 Å². The van der Waals surface area contributed by atoms with E-state index in [-0.39, 0.29) is 23.8 Å². The fraction of sp³-hybridized carbons (Fsp3) is 0.800. The average Bonchev–Trinajstić information content (AvgIpc) is 1.77. The van der Waals surface area contributed by atoms with Crippen molar-refractivity contribution in [3.8, 4) is 0 Å². The number of amides is 1. The molecule has 0 radical (unpaired) electrons. The summed E-state index contributed by atoms with van der Waals surface area (Å²) in [5.74, 6) is -0.986. The topological polar surface area (TPSA) is 66.4 Å². The number of rotatable bonds is 4. The van der Waals surface area contributed by atoms with E-state index < -0.39 is 5.97 Å². The Kier molecular flexibility index (Phi) is 4.60. The first-order chi connectivity index (χ1) is 6.20. The highest BCUT2D eigenvalue weighted by Crippen LogP contribution is 2.17. The van der Waals surface area contributed by atoms with Crippen LogP contribution in [0.1, 0.15) is 40.5 Å². The lowest BCUT2D eigenvalue weighted by Gasteiger charge is -2.19. The lowest BCUT2D eigenvalue weighted by molar-refractivity contribution is -0.137. The number of carbonyl (C=O) groups excluding carboxylic acids is 1. The largest absolute Gasteiger partial charge is 0.481 e. The van der Waals surface area contributed by atoms with E-state index in [9.17, 15) is 9.59 Å². The molecule has 4 heteroatoms. The van der Waals surface area contributed by atoms with Crippen LogP contribution in [0.4, 0.5) is 0 Å². The molecule has 0 saturated carbocycles. The van der Waals surface area contributed by atoms with E-state index in [1.54, 1.807) is 6.92 Å². The van der Waals surface area contributed by atoms with Crippen molar-refractivity contribution in [2.45, 2.75) is 46.6 Å². The normalized spacial score (nSPS) is 13.4. The third kappa shape index (κ3) is 7.58. The van der Waals surface area contributed by atoms with E-state index in [0.717, 1.165) is 0 Å². The predicted molar refractivity (Wildman–Crippen MR) is 53.9 cm³/mol. The first-order valence-corrected chi connectivity index (χ1v) is 4.72. The van der Waals surface area contributed by atoms with Crippen molar-refractivity contribution in [3.63, 3.8) is 0 Å². The summed E-state index contributed by atoms with van der Waals surface area (Å²) in [6, 6.07) is -0.303. The molecule has 0 aliphatic carbocycles. The second-order valence-electron chi connectivity index (χ2n) is 4.80. The summed E-state index contributed by atoms with van der Waals surface area (Å²) in [7, 11) is 0. The smallest absolute Gasteiger partial charge is 0.305 e. The average molecular weight is 201 g/mol. The van der Waals surface area contributed by atoms with E-state index in [2.05, 4.69) is 5.32 Å². The van der Waals surface area contributed by atoms with Crippen molar-refractivity contribution >= 4 is 11.9 Å². The molecule has 4 nitrogen and oxygen atoms in total. The standard InChI is InChI=1S/C10H19NO3/c1-7(5-9(13)14)11-8(12)6-10(2,3)4/h7H,5-6H2,1-4H3,(H,11,12)(H,13,14). The molecule has 0 aromatic carbocycles. The third-order valence-corrected chi connectivity index (χ3v) is 1.58. The number of hydrogen-bond donors (Lipinski definition) is 2. The van der Waals surface area contributed by atoms with Crippen LogP contribution in [0, 0.1) is 5.41 Å². The zero-order valence-corrected chi connectivity index (χ0v) is 9.26. The van der Waals surface area contributed by atoms with Crippen molar-refractivity contribution in [2.24, 2.45) is 5.41 Å². The molecule has 2 N–H and O–H groups in total. The van der Waals surface area contributed by atoms with E-state index in [0.29, 0.717) is 6.42 Å². The summed E-state index contributed by atoms with van der Waals surface area (Å²) in [6.45, 7) is 7.59. The van der Waals surface area contributed by atoms with Crippen molar-refractivity contribution < 1.29 is 14.7 Å². The van der Waals surface area contributed by atoms with Crippen molar-refractivity contribution in [2.75, 3.05) is 0 Å². The Morgan fingerprint density at radius 3 is 2.21 bits per heavy atom. The lowest BCUT2D eigenvalue weighted by atomic mass is 9.92. The van der Waals surface area contributed by atoms with Crippen LogP contribution in [0.3, 0.4) is 0 Å². The molecular weight excluding hydrogens is 182 g/mol. The third-order valence-electron chi connectivity index (χ3n) is 1.58. The van der Waals surface area contributed by atoms with Crippen molar-refractivity contribution in [1.29, 1.82) is 0 Å². The molecule has 1 atom stereocenters. The Morgan fingerprint density at radius 2 is 1.86 bits per heavy atom. The minimum atomic E-state index is -0.895.